The lowest BCUT2D eigenvalue weighted by Gasteiger charge is -2.13. The van der Waals surface area contributed by atoms with E-state index in [9.17, 15) is 0 Å². The lowest BCUT2D eigenvalue weighted by atomic mass is 9.90. The van der Waals surface area contributed by atoms with E-state index in [2.05, 4.69) is 25.1 Å². The Kier molecular flexibility index (Phi) is 2.94. The van der Waals surface area contributed by atoms with E-state index in [1.54, 1.807) is 0 Å². The third-order valence-electron chi connectivity index (χ3n) is 4.33. The van der Waals surface area contributed by atoms with Gasteiger partial charge >= 0.3 is 0 Å². The lowest BCUT2D eigenvalue weighted by Crippen LogP contribution is -2.05. The van der Waals surface area contributed by atoms with Crippen molar-refractivity contribution in [3.63, 3.8) is 0 Å². The normalized spacial score (nSPS) is 16.6. The molecule has 0 amide bonds. The fraction of sp³-hybridized carbons (Fsp3) is 0.438. The second-order valence-corrected chi connectivity index (χ2v) is 6.00. The number of hydrogen-bond donors (Lipinski definition) is 0. The highest BCUT2D eigenvalue weighted by Crippen LogP contribution is 2.54. The van der Waals surface area contributed by atoms with E-state index in [4.69, 9.17) is 16.1 Å². The van der Waals surface area contributed by atoms with Gasteiger partial charge in [-0.3, -0.25) is 0 Å². The average molecular weight is 276 g/mol. The highest BCUT2D eigenvalue weighted by molar-refractivity contribution is 6.30. The van der Waals surface area contributed by atoms with Gasteiger partial charge in [0, 0.05) is 16.0 Å². The molecule has 2 aromatic rings. The van der Waals surface area contributed by atoms with Crippen LogP contribution in [0.2, 0.25) is 5.02 Å². The summed E-state index contributed by atoms with van der Waals surface area (Å²) in [4.78, 5) is 0. The van der Waals surface area contributed by atoms with Crippen LogP contribution in [0.1, 0.15) is 43.2 Å². The van der Waals surface area contributed by atoms with Crippen molar-refractivity contribution in [1.82, 2.24) is 5.16 Å². The molecule has 1 aliphatic carbocycles. The van der Waals surface area contributed by atoms with Gasteiger partial charge in [0.15, 0.2) is 5.76 Å². The SMILES string of the molecule is CCC1(c2onc(C)c2-c2ccc(Cl)cc2C)CC1. The summed E-state index contributed by atoms with van der Waals surface area (Å²) in [6, 6.07) is 6.01. The van der Waals surface area contributed by atoms with Crippen LogP contribution in [-0.2, 0) is 5.41 Å². The molecule has 0 bridgehead atoms. The van der Waals surface area contributed by atoms with E-state index in [0.29, 0.717) is 0 Å². The van der Waals surface area contributed by atoms with E-state index < -0.39 is 0 Å². The third-order valence-corrected chi connectivity index (χ3v) is 4.57. The Morgan fingerprint density at radius 3 is 2.63 bits per heavy atom. The highest BCUT2D eigenvalue weighted by Gasteiger charge is 2.48. The molecular weight excluding hydrogens is 258 g/mol. The number of aryl methyl sites for hydroxylation is 2. The summed E-state index contributed by atoms with van der Waals surface area (Å²) in [5, 5.41) is 4.97. The summed E-state index contributed by atoms with van der Waals surface area (Å²) in [7, 11) is 0. The van der Waals surface area contributed by atoms with E-state index in [1.165, 1.54) is 29.5 Å². The van der Waals surface area contributed by atoms with Crippen molar-refractivity contribution < 1.29 is 4.52 Å². The molecular formula is C16H18ClNO. The van der Waals surface area contributed by atoms with Gasteiger partial charge in [0.1, 0.15) is 0 Å². The summed E-state index contributed by atoms with van der Waals surface area (Å²) in [6.45, 7) is 6.33. The predicted molar refractivity (Wildman–Crippen MR) is 77.6 cm³/mol. The second-order valence-electron chi connectivity index (χ2n) is 5.57. The van der Waals surface area contributed by atoms with Crippen molar-refractivity contribution in [2.75, 3.05) is 0 Å². The molecule has 0 aliphatic heterocycles. The summed E-state index contributed by atoms with van der Waals surface area (Å²) in [6.07, 6.45) is 3.52. The molecule has 2 nitrogen and oxygen atoms in total. The van der Waals surface area contributed by atoms with Gasteiger partial charge in [-0.2, -0.15) is 0 Å². The maximum atomic E-state index is 6.05. The van der Waals surface area contributed by atoms with Gasteiger partial charge in [-0.25, -0.2) is 0 Å². The molecule has 3 heteroatoms. The number of aromatic nitrogens is 1. The quantitative estimate of drug-likeness (QED) is 0.783. The largest absolute Gasteiger partial charge is 0.360 e. The van der Waals surface area contributed by atoms with Crippen LogP contribution in [0.3, 0.4) is 0 Å². The molecule has 1 fully saturated rings. The van der Waals surface area contributed by atoms with Crippen LogP contribution in [-0.4, -0.2) is 5.16 Å². The lowest BCUT2D eigenvalue weighted by molar-refractivity contribution is 0.346. The predicted octanol–water partition coefficient (Wildman–Crippen LogP) is 5.05. The van der Waals surface area contributed by atoms with Crippen LogP contribution in [0.5, 0.6) is 0 Å². The van der Waals surface area contributed by atoms with Crippen LogP contribution >= 0.6 is 11.6 Å². The molecule has 0 N–H and O–H groups in total. The number of hydrogen-bond acceptors (Lipinski definition) is 2. The Balaban J connectivity index is 2.17. The maximum Gasteiger partial charge on any atom is 0.150 e. The minimum Gasteiger partial charge on any atom is -0.360 e. The standard InChI is InChI=1S/C16H18ClNO/c1-4-16(7-8-16)15-14(11(3)18-19-15)13-6-5-12(17)9-10(13)2/h5-6,9H,4,7-8H2,1-3H3. The zero-order chi connectivity index (χ0) is 13.6. The first-order valence-corrected chi connectivity index (χ1v) is 7.18. The fourth-order valence-corrected chi connectivity index (χ4v) is 3.08. The average Bonchev–Trinajstić information content (AvgIpc) is 3.08. The first-order valence-electron chi connectivity index (χ1n) is 6.81. The van der Waals surface area contributed by atoms with E-state index in [-0.39, 0.29) is 5.41 Å². The van der Waals surface area contributed by atoms with Crippen LogP contribution in [0.25, 0.3) is 11.1 Å². The molecule has 0 unspecified atom stereocenters. The zero-order valence-corrected chi connectivity index (χ0v) is 12.3. The molecule has 0 saturated heterocycles. The molecule has 0 atom stereocenters. The summed E-state index contributed by atoms with van der Waals surface area (Å²) >= 11 is 6.05. The molecule has 3 rings (SSSR count). The highest BCUT2D eigenvalue weighted by atomic mass is 35.5. The monoisotopic (exact) mass is 275 g/mol. The van der Waals surface area contributed by atoms with Crippen molar-refractivity contribution in [1.29, 1.82) is 0 Å². The summed E-state index contributed by atoms with van der Waals surface area (Å²) < 4.78 is 5.67. The zero-order valence-electron chi connectivity index (χ0n) is 11.6. The van der Waals surface area contributed by atoms with Crippen LogP contribution < -0.4 is 0 Å². The summed E-state index contributed by atoms with van der Waals surface area (Å²) in [5.41, 5.74) is 4.74. The molecule has 0 spiro atoms. The molecule has 1 saturated carbocycles. The van der Waals surface area contributed by atoms with E-state index >= 15 is 0 Å². The first kappa shape index (κ1) is 12.7. The van der Waals surface area contributed by atoms with Gasteiger partial charge < -0.3 is 4.52 Å². The third kappa shape index (κ3) is 1.99. The van der Waals surface area contributed by atoms with E-state index in [0.717, 1.165) is 22.9 Å². The molecule has 1 aliphatic rings. The van der Waals surface area contributed by atoms with Gasteiger partial charge in [0.05, 0.1) is 5.69 Å². The van der Waals surface area contributed by atoms with Gasteiger partial charge in [-0.15, -0.1) is 0 Å². The molecule has 1 aromatic carbocycles. The number of benzene rings is 1. The van der Waals surface area contributed by atoms with Crippen molar-refractivity contribution in [2.24, 2.45) is 0 Å². The molecule has 0 radical (unpaired) electrons. The van der Waals surface area contributed by atoms with Crippen LogP contribution in [0.15, 0.2) is 22.7 Å². The Labute approximate surface area is 118 Å². The minimum absolute atomic E-state index is 0.225. The topological polar surface area (TPSA) is 26.0 Å². The van der Waals surface area contributed by atoms with Crippen molar-refractivity contribution >= 4 is 11.6 Å². The molecule has 19 heavy (non-hydrogen) atoms. The number of halogens is 1. The molecule has 100 valence electrons. The summed E-state index contributed by atoms with van der Waals surface area (Å²) in [5.74, 6) is 1.07. The van der Waals surface area contributed by atoms with Crippen molar-refractivity contribution in [3.8, 4) is 11.1 Å². The minimum atomic E-state index is 0.225. The van der Waals surface area contributed by atoms with Crippen molar-refractivity contribution in [3.05, 3.63) is 40.2 Å². The Hall–Kier alpha value is -1.28. The van der Waals surface area contributed by atoms with Gasteiger partial charge in [0.25, 0.3) is 0 Å². The number of rotatable bonds is 3. The van der Waals surface area contributed by atoms with Gasteiger partial charge in [-0.1, -0.05) is 29.7 Å². The fourth-order valence-electron chi connectivity index (χ4n) is 2.85. The molecule has 1 heterocycles. The Bertz CT molecular complexity index is 626. The van der Waals surface area contributed by atoms with E-state index in [1.807, 2.05) is 19.1 Å². The second kappa shape index (κ2) is 4.38. The van der Waals surface area contributed by atoms with Gasteiger partial charge in [-0.05, 0) is 56.4 Å². The number of nitrogens with zero attached hydrogens (tertiary/aromatic N) is 1. The Morgan fingerprint density at radius 2 is 2.05 bits per heavy atom. The Morgan fingerprint density at radius 1 is 1.32 bits per heavy atom. The van der Waals surface area contributed by atoms with Gasteiger partial charge in [0.2, 0.25) is 0 Å². The smallest absolute Gasteiger partial charge is 0.150 e. The van der Waals surface area contributed by atoms with Crippen LogP contribution in [0, 0.1) is 13.8 Å². The van der Waals surface area contributed by atoms with Crippen LogP contribution in [0.4, 0.5) is 0 Å². The maximum absolute atomic E-state index is 6.05. The first-order chi connectivity index (χ1) is 9.07. The van der Waals surface area contributed by atoms with Crippen molar-refractivity contribution in [2.45, 2.75) is 45.4 Å². The molecule has 1 aromatic heterocycles.